The minimum atomic E-state index is -4.97. The van der Waals surface area contributed by atoms with Gasteiger partial charge in [0.15, 0.2) is 12.2 Å². The van der Waals surface area contributed by atoms with Crippen LogP contribution in [0.1, 0.15) is 414 Å². The highest BCUT2D eigenvalue weighted by molar-refractivity contribution is 7.47. The Balaban J connectivity index is 5.25. The Morgan fingerprint density at radius 1 is 0.314 bits per heavy atom. The van der Waals surface area contributed by atoms with Crippen molar-refractivity contribution in [2.45, 2.75) is 432 Å². The summed E-state index contributed by atoms with van der Waals surface area (Å²) in [5.41, 5.74) is 0. The van der Waals surface area contributed by atoms with Crippen LogP contribution in [-0.2, 0) is 65.4 Å². The number of phosphoric acid groups is 2. The van der Waals surface area contributed by atoms with Crippen molar-refractivity contribution in [1.82, 2.24) is 0 Å². The Morgan fingerprint density at radius 2 is 0.549 bits per heavy atom. The number of carbonyl (C=O) groups is 4. The molecule has 0 saturated heterocycles. The van der Waals surface area contributed by atoms with Gasteiger partial charge in [0.25, 0.3) is 0 Å². The molecular weight excluding hydrogens is 1330 g/mol. The Labute approximate surface area is 624 Å². The van der Waals surface area contributed by atoms with Crippen LogP contribution in [0, 0.1) is 11.8 Å². The first-order chi connectivity index (χ1) is 49.4. The van der Waals surface area contributed by atoms with Gasteiger partial charge in [-0.25, -0.2) is 9.13 Å². The third kappa shape index (κ3) is 73.1. The smallest absolute Gasteiger partial charge is 0.462 e. The van der Waals surface area contributed by atoms with Crippen molar-refractivity contribution < 1.29 is 80.2 Å². The molecule has 0 heterocycles. The number of aliphatic hydroxyl groups excluding tert-OH is 1. The van der Waals surface area contributed by atoms with Crippen LogP contribution in [0.4, 0.5) is 0 Å². The predicted molar refractivity (Wildman–Crippen MR) is 418 cm³/mol. The molecule has 0 aliphatic heterocycles. The summed E-state index contributed by atoms with van der Waals surface area (Å²) in [4.78, 5) is 73.0. The molecule has 0 aliphatic carbocycles. The van der Waals surface area contributed by atoms with Gasteiger partial charge in [-0.05, 0) is 63.2 Å². The van der Waals surface area contributed by atoms with Crippen molar-refractivity contribution in [1.29, 1.82) is 0 Å². The lowest BCUT2D eigenvalue weighted by Crippen LogP contribution is -2.30. The number of ether oxygens (including phenoxy) is 4. The van der Waals surface area contributed by atoms with Crippen LogP contribution in [0.5, 0.6) is 0 Å². The van der Waals surface area contributed by atoms with Crippen molar-refractivity contribution in [3.05, 3.63) is 24.3 Å². The van der Waals surface area contributed by atoms with Crippen LogP contribution in [0.3, 0.4) is 0 Å². The SMILES string of the molecule is CCCCCC/C=C\C=C/CCCCCCCC(=O)OC[C@H](COP(=O)(O)OC[C@@H](O)COP(=O)(O)OC[C@@H](COC(=O)CCCCCCCCC(C)CC)OC(=O)CCCCCCCCCCCCCCCCC)OC(=O)CCCCCCCCCCCCCCCCCCCCC(C)CC. The minimum Gasteiger partial charge on any atom is -0.462 e. The highest BCUT2D eigenvalue weighted by Gasteiger charge is 2.30. The van der Waals surface area contributed by atoms with Crippen LogP contribution < -0.4 is 0 Å². The number of aliphatic hydroxyl groups is 1. The van der Waals surface area contributed by atoms with E-state index in [1.165, 1.54) is 205 Å². The van der Waals surface area contributed by atoms with Gasteiger partial charge in [-0.3, -0.25) is 37.3 Å². The molecule has 4 unspecified atom stereocenters. The van der Waals surface area contributed by atoms with Gasteiger partial charge in [-0.15, -0.1) is 0 Å². The van der Waals surface area contributed by atoms with Crippen molar-refractivity contribution in [2.75, 3.05) is 39.6 Å². The van der Waals surface area contributed by atoms with Gasteiger partial charge in [-0.1, -0.05) is 361 Å². The van der Waals surface area contributed by atoms with E-state index in [0.717, 1.165) is 127 Å². The highest BCUT2D eigenvalue weighted by Crippen LogP contribution is 2.45. The van der Waals surface area contributed by atoms with E-state index >= 15 is 0 Å². The van der Waals surface area contributed by atoms with Crippen LogP contribution in [-0.4, -0.2) is 96.7 Å². The maximum absolute atomic E-state index is 13.1. The molecule has 3 N–H and O–H groups in total. The molecule has 102 heavy (non-hydrogen) atoms. The molecule has 0 rings (SSSR count). The summed E-state index contributed by atoms with van der Waals surface area (Å²) >= 11 is 0. The normalized spacial score (nSPS) is 14.6. The summed E-state index contributed by atoms with van der Waals surface area (Å²) in [6, 6.07) is 0. The third-order valence-electron chi connectivity index (χ3n) is 19.6. The van der Waals surface area contributed by atoms with Crippen molar-refractivity contribution >= 4 is 39.5 Å². The standard InChI is InChI=1S/C83H158O17P2/c1-7-11-13-15-17-19-21-23-29-34-38-42-46-53-59-65-80(85)93-71-78(99-82(87)67-62-56-48-44-40-36-32-28-26-25-27-31-33-37-41-45-51-57-63-75(5)9-3)73-97-101(89,90)95-69-77(84)70-96-102(91,92)98-74-79(72-94-81(86)66-60-54-50-49-52-58-64-76(6)10-4)100-83(88)68-61-55-47-43-39-35-30-24-22-20-18-16-14-12-8-2/h19,21,23,29,75-79,84H,7-18,20,22,24-28,30-74H2,1-6H3,(H,89,90)(H,91,92)/b21-19-,29-23-/t75?,76?,77-,78-,79-/m1/s1. The highest BCUT2D eigenvalue weighted by atomic mass is 31.2. The van der Waals surface area contributed by atoms with Crippen molar-refractivity contribution in [2.24, 2.45) is 11.8 Å². The van der Waals surface area contributed by atoms with E-state index in [0.29, 0.717) is 25.7 Å². The summed E-state index contributed by atoms with van der Waals surface area (Å²) in [5, 5.41) is 10.6. The van der Waals surface area contributed by atoms with Crippen LogP contribution in [0.2, 0.25) is 0 Å². The molecule has 0 aliphatic rings. The largest absolute Gasteiger partial charge is 0.472 e. The quantitative estimate of drug-likeness (QED) is 0.0169. The Kier molecular flexibility index (Phi) is 72.2. The minimum absolute atomic E-state index is 0.101. The molecule has 0 saturated carbocycles. The summed E-state index contributed by atoms with van der Waals surface area (Å²) in [6.45, 7) is 9.61. The molecule has 7 atom stereocenters. The van der Waals surface area contributed by atoms with Gasteiger partial charge in [0.2, 0.25) is 0 Å². The average molecular weight is 1490 g/mol. The second kappa shape index (κ2) is 74.0. The molecule has 17 nitrogen and oxygen atoms in total. The lowest BCUT2D eigenvalue weighted by Gasteiger charge is -2.21. The van der Waals surface area contributed by atoms with Crippen molar-refractivity contribution in [3.8, 4) is 0 Å². The van der Waals surface area contributed by atoms with Crippen LogP contribution in [0.15, 0.2) is 24.3 Å². The number of unbranched alkanes of at least 4 members (excludes halogenated alkanes) is 45. The lowest BCUT2D eigenvalue weighted by molar-refractivity contribution is -0.161. The molecule has 602 valence electrons. The van der Waals surface area contributed by atoms with Crippen LogP contribution >= 0.6 is 15.6 Å². The van der Waals surface area contributed by atoms with Gasteiger partial charge in [0, 0.05) is 25.7 Å². The summed E-state index contributed by atoms with van der Waals surface area (Å²) in [7, 11) is -9.93. The predicted octanol–water partition coefficient (Wildman–Crippen LogP) is 24.6. The first-order valence-electron chi connectivity index (χ1n) is 42.4. The second-order valence-corrected chi connectivity index (χ2v) is 32.6. The van der Waals surface area contributed by atoms with Gasteiger partial charge >= 0.3 is 39.5 Å². The number of rotatable bonds is 80. The average Bonchev–Trinajstić information content (AvgIpc) is 1.01. The zero-order valence-corrected chi connectivity index (χ0v) is 68.2. The molecule has 0 aromatic heterocycles. The molecule has 0 radical (unpaired) electrons. The summed E-state index contributed by atoms with van der Waals surface area (Å²) in [6.07, 6.45) is 67.4. The van der Waals surface area contributed by atoms with E-state index in [-0.39, 0.29) is 25.7 Å². The van der Waals surface area contributed by atoms with Gasteiger partial charge in [-0.2, -0.15) is 0 Å². The zero-order valence-electron chi connectivity index (χ0n) is 66.4. The first-order valence-corrected chi connectivity index (χ1v) is 45.4. The number of esters is 4. The number of phosphoric ester groups is 2. The number of allylic oxidation sites excluding steroid dienone is 4. The molecular formula is C83H158O17P2. The van der Waals surface area contributed by atoms with Gasteiger partial charge in [0.05, 0.1) is 26.4 Å². The fourth-order valence-electron chi connectivity index (χ4n) is 12.3. The summed E-state index contributed by atoms with van der Waals surface area (Å²) in [5.74, 6) is -0.539. The number of carbonyl (C=O) groups excluding carboxylic acids is 4. The van der Waals surface area contributed by atoms with E-state index in [1.807, 2.05) is 0 Å². The maximum atomic E-state index is 13.1. The third-order valence-corrected chi connectivity index (χ3v) is 21.5. The molecule has 0 aromatic rings. The van der Waals surface area contributed by atoms with E-state index in [2.05, 4.69) is 65.8 Å². The second-order valence-electron chi connectivity index (χ2n) is 29.7. The number of hydrogen-bond acceptors (Lipinski definition) is 15. The Morgan fingerprint density at radius 3 is 0.833 bits per heavy atom. The Hall–Kier alpha value is -2.46. The summed E-state index contributed by atoms with van der Waals surface area (Å²) < 4.78 is 68.7. The molecule has 0 fully saturated rings. The fourth-order valence-corrected chi connectivity index (χ4v) is 13.9. The molecule has 0 spiro atoms. The van der Waals surface area contributed by atoms with Gasteiger partial charge < -0.3 is 33.8 Å². The molecule has 0 aromatic carbocycles. The van der Waals surface area contributed by atoms with Crippen LogP contribution in [0.25, 0.3) is 0 Å². The number of hydrogen-bond donors (Lipinski definition) is 3. The van der Waals surface area contributed by atoms with Crippen molar-refractivity contribution in [3.63, 3.8) is 0 Å². The first kappa shape index (κ1) is 99.5. The van der Waals surface area contributed by atoms with E-state index < -0.39 is 97.5 Å². The zero-order chi connectivity index (χ0) is 74.9. The lowest BCUT2D eigenvalue weighted by atomic mass is 9.99. The molecule has 0 amide bonds. The topological polar surface area (TPSA) is 237 Å². The van der Waals surface area contributed by atoms with Gasteiger partial charge in [0.1, 0.15) is 19.3 Å². The van der Waals surface area contributed by atoms with E-state index in [1.54, 1.807) is 0 Å². The molecule has 0 bridgehead atoms. The van der Waals surface area contributed by atoms with E-state index in [4.69, 9.17) is 37.0 Å². The van der Waals surface area contributed by atoms with E-state index in [9.17, 15) is 43.2 Å². The maximum Gasteiger partial charge on any atom is 0.472 e. The Bertz CT molecular complexity index is 2060. The fraction of sp³-hybridized carbons (Fsp3) is 0.904. The molecule has 19 heteroatoms. The monoisotopic (exact) mass is 1490 g/mol.